The molecule has 0 heterocycles. The van der Waals surface area contributed by atoms with E-state index >= 15 is 0 Å². The quantitative estimate of drug-likeness (QED) is 0.224. The van der Waals surface area contributed by atoms with Gasteiger partial charge in [0.05, 0.1) is 4.90 Å². The first-order valence-corrected chi connectivity index (χ1v) is 10.6. The van der Waals surface area contributed by atoms with Crippen LogP contribution in [-0.4, -0.2) is 34.5 Å². The molecule has 8 heteroatoms. The normalized spacial score (nSPS) is 15.5. The van der Waals surface area contributed by atoms with Gasteiger partial charge in [-0.15, -0.1) is 24.0 Å². The maximum Gasteiger partial charge on any atom is 0.238 e. The summed E-state index contributed by atoms with van der Waals surface area (Å²) >= 11 is 0. The third kappa shape index (κ3) is 8.22. The van der Waals surface area contributed by atoms with Gasteiger partial charge in [-0.05, 0) is 42.9 Å². The molecule has 0 aromatic heterocycles. The van der Waals surface area contributed by atoms with Gasteiger partial charge in [0.25, 0.3) is 0 Å². The van der Waals surface area contributed by atoms with E-state index in [0.29, 0.717) is 0 Å². The Kier molecular flexibility index (Phi) is 10.5. The van der Waals surface area contributed by atoms with Crippen LogP contribution in [0.25, 0.3) is 0 Å². The summed E-state index contributed by atoms with van der Waals surface area (Å²) in [6, 6.07) is 6.67. The lowest BCUT2D eigenvalue weighted by Gasteiger charge is -2.13. The Hall–Kier alpha value is -0.870. The van der Waals surface area contributed by atoms with Crippen molar-refractivity contribution >= 4 is 40.0 Å². The van der Waals surface area contributed by atoms with E-state index < -0.39 is 10.0 Å². The molecule has 148 valence electrons. The standard InChI is InChI=1S/C18H30N4O2S.HI/c1-20-18(21-13-4-7-15-5-2-3-6-15)22-14-12-16-8-10-17(11-9-16)25(19,23)24;/h8-11,15H,2-7,12-14H2,1H3,(H2,19,23,24)(H2,20,21,22);1H. The van der Waals surface area contributed by atoms with Crippen molar-refractivity contribution in [3.63, 3.8) is 0 Å². The van der Waals surface area contributed by atoms with Gasteiger partial charge in [-0.3, -0.25) is 4.99 Å². The van der Waals surface area contributed by atoms with E-state index in [4.69, 9.17) is 5.14 Å². The van der Waals surface area contributed by atoms with Crippen molar-refractivity contribution in [2.75, 3.05) is 20.1 Å². The van der Waals surface area contributed by atoms with Crippen LogP contribution in [0.5, 0.6) is 0 Å². The maximum absolute atomic E-state index is 11.2. The average Bonchev–Trinajstić information content (AvgIpc) is 3.10. The molecular weight excluding hydrogens is 463 g/mol. The van der Waals surface area contributed by atoms with Crippen LogP contribution in [0.3, 0.4) is 0 Å². The Morgan fingerprint density at radius 3 is 2.35 bits per heavy atom. The first kappa shape index (κ1) is 23.2. The van der Waals surface area contributed by atoms with Crippen LogP contribution < -0.4 is 15.8 Å². The number of halogens is 1. The van der Waals surface area contributed by atoms with E-state index in [-0.39, 0.29) is 28.9 Å². The molecule has 1 fully saturated rings. The Balaban J connectivity index is 0.00000338. The summed E-state index contributed by atoms with van der Waals surface area (Å²) < 4.78 is 22.5. The second-order valence-corrected chi connectivity index (χ2v) is 8.22. The molecule has 6 nitrogen and oxygen atoms in total. The molecule has 1 aromatic rings. The van der Waals surface area contributed by atoms with Gasteiger partial charge in [-0.2, -0.15) is 0 Å². The number of sulfonamides is 1. The Bertz CT molecular complexity index is 656. The number of nitrogens with one attached hydrogen (secondary N) is 2. The van der Waals surface area contributed by atoms with Crippen molar-refractivity contribution in [1.29, 1.82) is 0 Å². The molecule has 0 bridgehead atoms. The smallest absolute Gasteiger partial charge is 0.238 e. The molecule has 1 aliphatic rings. The lowest BCUT2D eigenvalue weighted by Crippen LogP contribution is -2.38. The topological polar surface area (TPSA) is 96.6 Å². The summed E-state index contributed by atoms with van der Waals surface area (Å²) in [4.78, 5) is 4.38. The van der Waals surface area contributed by atoms with Crippen LogP contribution in [0.1, 0.15) is 44.1 Å². The Labute approximate surface area is 174 Å². The van der Waals surface area contributed by atoms with Crippen molar-refractivity contribution in [1.82, 2.24) is 10.6 Å². The van der Waals surface area contributed by atoms with Crippen LogP contribution in [0.4, 0.5) is 0 Å². The third-order valence-electron chi connectivity index (χ3n) is 4.74. The predicted octanol–water partition coefficient (Wildman–Crippen LogP) is 2.63. The summed E-state index contributed by atoms with van der Waals surface area (Å²) in [6.07, 6.45) is 8.88. The second kappa shape index (κ2) is 11.8. The van der Waals surface area contributed by atoms with Crippen LogP contribution in [0, 0.1) is 5.92 Å². The number of aliphatic imine (C=N–C) groups is 1. The number of hydrogen-bond acceptors (Lipinski definition) is 3. The summed E-state index contributed by atoms with van der Waals surface area (Å²) in [6.45, 7) is 1.68. The Morgan fingerprint density at radius 1 is 1.15 bits per heavy atom. The van der Waals surface area contributed by atoms with Gasteiger partial charge in [0.15, 0.2) is 5.96 Å². The van der Waals surface area contributed by atoms with Crippen molar-refractivity contribution < 1.29 is 8.42 Å². The Morgan fingerprint density at radius 2 is 1.77 bits per heavy atom. The van der Waals surface area contributed by atoms with Crippen LogP contribution in [0.2, 0.25) is 0 Å². The van der Waals surface area contributed by atoms with Gasteiger partial charge in [-0.1, -0.05) is 37.8 Å². The van der Waals surface area contributed by atoms with Crippen LogP contribution >= 0.6 is 24.0 Å². The van der Waals surface area contributed by atoms with E-state index in [2.05, 4.69) is 15.6 Å². The average molecular weight is 494 g/mol. The molecule has 1 aromatic carbocycles. The molecule has 0 atom stereocenters. The second-order valence-electron chi connectivity index (χ2n) is 6.66. The van der Waals surface area contributed by atoms with Crippen molar-refractivity contribution in [2.45, 2.75) is 49.8 Å². The molecule has 1 saturated carbocycles. The number of guanidine groups is 1. The highest BCUT2D eigenvalue weighted by atomic mass is 127. The first-order chi connectivity index (χ1) is 12.0. The first-order valence-electron chi connectivity index (χ1n) is 9.05. The van der Waals surface area contributed by atoms with Gasteiger partial charge in [0.1, 0.15) is 0 Å². The highest BCUT2D eigenvalue weighted by molar-refractivity contribution is 14.0. The fourth-order valence-corrected chi connectivity index (χ4v) is 3.80. The van der Waals surface area contributed by atoms with Gasteiger partial charge < -0.3 is 10.6 Å². The number of primary sulfonamides is 1. The minimum absolute atomic E-state index is 0. The zero-order valence-electron chi connectivity index (χ0n) is 15.4. The number of benzene rings is 1. The monoisotopic (exact) mass is 494 g/mol. The summed E-state index contributed by atoms with van der Waals surface area (Å²) in [5.74, 6) is 1.74. The summed E-state index contributed by atoms with van der Waals surface area (Å²) in [5.41, 5.74) is 1.05. The molecule has 2 rings (SSSR count). The highest BCUT2D eigenvalue weighted by Crippen LogP contribution is 2.28. The molecule has 4 N–H and O–H groups in total. The number of rotatable bonds is 8. The SMILES string of the molecule is CN=C(NCCCC1CCCC1)NCCc1ccc(S(N)(=O)=O)cc1.I. The zero-order valence-corrected chi connectivity index (χ0v) is 18.6. The fraction of sp³-hybridized carbons (Fsp3) is 0.611. The van der Waals surface area contributed by atoms with Gasteiger partial charge in [0.2, 0.25) is 10.0 Å². The fourth-order valence-electron chi connectivity index (χ4n) is 3.29. The maximum atomic E-state index is 11.2. The molecule has 0 amide bonds. The van der Waals surface area contributed by atoms with Crippen molar-refractivity contribution in [2.24, 2.45) is 16.0 Å². The molecule has 0 unspecified atom stereocenters. The van der Waals surface area contributed by atoms with Crippen LogP contribution in [-0.2, 0) is 16.4 Å². The molecule has 26 heavy (non-hydrogen) atoms. The summed E-state index contributed by atoms with van der Waals surface area (Å²) in [5, 5.41) is 11.7. The minimum Gasteiger partial charge on any atom is -0.356 e. The molecule has 0 aliphatic heterocycles. The summed E-state index contributed by atoms with van der Waals surface area (Å²) in [7, 11) is -1.85. The van der Waals surface area contributed by atoms with Gasteiger partial charge in [0, 0.05) is 20.1 Å². The van der Waals surface area contributed by atoms with Crippen molar-refractivity contribution in [3.8, 4) is 0 Å². The lowest BCUT2D eigenvalue weighted by atomic mass is 10.0. The largest absolute Gasteiger partial charge is 0.356 e. The molecule has 0 spiro atoms. The number of hydrogen-bond donors (Lipinski definition) is 3. The molecule has 0 saturated heterocycles. The molecule has 1 aliphatic carbocycles. The zero-order chi connectivity index (χ0) is 18.1. The number of nitrogens with two attached hydrogens (primary N) is 1. The lowest BCUT2D eigenvalue weighted by molar-refractivity contribution is 0.481. The van der Waals surface area contributed by atoms with Gasteiger partial charge >= 0.3 is 0 Å². The predicted molar refractivity (Wildman–Crippen MR) is 117 cm³/mol. The van der Waals surface area contributed by atoms with Crippen LogP contribution in [0.15, 0.2) is 34.2 Å². The third-order valence-corrected chi connectivity index (χ3v) is 5.67. The minimum atomic E-state index is -3.62. The highest BCUT2D eigenvalue weighted by Gasteiger charge is 2.14. The van der Waals surface area contributed by atoms with Gasteiger partial charge in [-0.25, -0.2) is 13.6 Å². The van der Waals surface area contributed by atoms with E-state index in [0.717, 1.165) is 37.0 Å². The van der Waals surface area contributed by atoms with Crippen molar-refractivity contribution in [3.05, 3.63) is 29.8 Å². The van der Waals surface area contributed by atoms with E-state index in [1.165, 1.54) is 38.5 Å². The molecule has 0 radical (unpaired) electrons. The molecular formula is C18H31IN4O2S. The number of nitrogens with zero attached hydrogens (tertiary/aromatic N) is 1. The van der Waals surface area contributed by atoms with E-state index in [9.17, 15) is 8.42 Å². The van der Waals surface area contributed by atoms with E-state index in [1.807, 2.05) is 0 Å². The van der Waals surface area contributed by atoms with E-state index in [1.54, 1.807) is 31.3 Å².